The maximum absolute atomic E-state index is 13.1. The van der Waals surface area contributed by atoms with Crippen LogP contribution in [-0.2, 0) is 0 Å². The van der Waals surface area contributed by atoms with Crippen molar-refractivity contribution in [3.05, 3.63) is 47.7 Å². The molecule has 0 unspecified atom stereocenters. The van der Waals surface area contributed by atoms with Crippen molar-refractivity contribution >= 4 is 17.9 Å². The zero-order chi connectivity index (χ0) is 24.4. The molecule has 0 fully saturated rings. The standard InChI is InChI=1S/C21H18N8O6/c1-31-14-5-3-4-12(18(14)32-2)9-23-25-21(30)16-17(11-6-7-13-15(8-11)34-10-33-13)29(28-24-16)20-19(22)26-35-27-20/h3-9H,10H2,1-2H3,(H2,22,26)(H,25,30)/b23-9+. The summed E-state index contributed by atoms with van der Waals surface area (Å²) in [6.45, 7) is 0.0895. The zero-order valence-electron chi connectivity index (χ0n) is 18.5. The van der Waals surface area contributed by atoms with Gasteiger partial charge in [0.2, 0.25) is 18.4 Å². The highest BCUT2D eigenvalue weighted by atomic mass is 16.7. The number of nitrogens with two attached hydrogens (primary N) is 1. The quantitative estimate of drug-likeness (QED) is 0.290. The molecule has 2 aromatic carbocycles. The molecule has 1 aliphatic heterocycles. The molecule has 3 heterocycles. The topological polar surface area (TPSA) is 174 Å². The molecule has 3 N–H and O–H groups in total. The van der Waals surface area contributed by atoms with Crippen LogP contribution in [0.2, 0.25) is 0 Å². The van der Waals surface area contributed by atoms with Crippen molar-refractivity contribution in [3.8, 4) is 40.1 Å². The molecule has 0 saturated heterocycles. The van der Waals surface area contributed by atoms with Crippen molar-refractivity contribution in [2.24, 2.45) is 5.10 Å². The lowest BCUT2D eigenvalue weighted by Gasteiger charge is -2.09. The van der Waals surface area contributed by atoms with Crippen molar-refractivity contribution in [3.63, 3.8) is 0 Å². The van der Waals surface area contributed by atoms with E-state index in [1.165, 1.54) is 25.1 Å². The Morgan fingerprint density at radius 3 is 2.80 bits per heavy atom. The number of ether oxygens (including phenoxy) is 4. The summed E-state index contributed by atoms with van der Waals surface area (Å²) in [5.41, 5.74) is 9.62. The number of rotatable bonds is 7. The molecule has 0 radical (unpaired) electrons. The normalized spacial score (nSPS) is 12.2. The Balaban J connectivity index is 1.49. The first-order valence-corrected chi connectivity index (χ1v) is 10.1. The van der Waals surface area contributed by atoms with E-state index in [0.29, 0.717) is 34.1 Å². The van der Waals surface area contributed by atoms with Gasteiger partial charge < -0.3 is 24.7 Å². The number of carbonyl (C=O) groups is 1. The molecule has 0 atom stereocenters. The average Bonchev–Trinajstić information content (AvgIpc) is 3.62. The fourth-order valence-corrected chi connectivity index (χ4v) is 3.45. The first-order chi connectivity index (χ1) is 17.1. The van der Waals surface area contributed by atoms with Crippen LogP contribution in [0.1, 0.15) is 16.1 Å². The van der Waals surface area contributed by atoms with Crippen molar-refractivity contribution < 1.29 is 28.4 Å². The molecular weight excluding hydrogens is 460 g/mol. The van der Waals surface area contributed by atoms with Gasteiger partial charge in [-0.15, -0.1) is 5.10 Å². The second kappa shape index (κ2) is 9.01. The average molecular weight is 478 g/mol. The number of hydrogen-bond acceptors (Lipinski definition) is 12. The molecule has 4 aromatic rings. The zero-order valence-corrected chi connectivity index (χ0v) is 18.5. The Labute approximate surface area is 197 Å². The van der Waals surface area contributed by atoms with E-state index in [1.807, 2.05) is 0 Å². The molecule has 0 bridgehead atoms. The number of aromatic nitrogens is 5. The van der Waals surface area contributed by atoms with Gasteiger partial charge in [-0.25, -0.2) is 10.1 Å². The fourth-order valence-electron chi connectivity index (χ4n) is 3.45. The van der Waals surface area contributed by atoms with Gasteiger partial charge in [-0.05, 0) is 40.6 Å². The molecule has 2 aromatic heterocycles. The van der Waals surface area contributed by atoms with Gasteiger partial charge in [-0.3, -0.25) is 4.79 Å². The van der Waals surface area contributed by atoms with Crippen molar-refractivity contribution in [1.29, 1.82) is 0 Å². The number of nitrogen functional groups attached to an aromatic ring is 1. The molecule has 14 nitrogen and oxygen atoms in total. The third kappa shape index (κ3) is 3.92. The number of nitrogens with zero attached hydrogens (tertiary/aromatic N) is 6. The smallest absolute Gasteiger partial charge is 0.294 e. The van der Waals surface area contributed by atoms with Crippen LogP contribution >= 0.6 is 0 Å². The Morgan fingerprint density at radius 2 is 2.03 bits per heavy atom. The number of fused-ring (bicyclic) bond motifs is 1. The Bertz CT molecular complexity index is 1430. The minimum Gasteiger partial charge on any atom is -0.493 e. The van der Waals surface area contributed by atoms with Gasteiger partial charge in [-0.1, -0.05) is 11.3 Å². The Hall–Kier alpha value is -5.14. The largest absolute Gasteiger partial charge is 0.493 e. The van der Waals surface area contributed by atoms with E-state index in [4.69, 9.17) is 24.7 Å². The minimum atomic E-state index is -0.642. The summed E-state index contributed by atoms with van der Waals surface area (Å²) in [6.07, 6.45) is 1.42. The summed E-state index contributed by atoms with van der Waals surface area (Å²) < 4.78 is 27.4. The predicted molar refractivity (Wildman–Crippen MR) is 120 cm³/mol. The lowest BCUT2D eigenvalue weighted by molar-refractivity contribution is 0.0950. The number of anilines is 1. The Kier molecular flexibility index (Phi) is 5.58. The monoisotopic (exact) mass is 478 g/mol. The maximum Gasteiger partial charge on any atom is 0.294 e. The SMILES string of the molecule is COc1cccc(/C=N/NC(=O)c2nnn(-c3nonc3N)c2-c2ccc3c(c2)OCO3)c1OC. The summed E-state index contributed by atoms with van der Waals surface area (Å²) in [7, 11) is 3.03. The molecule has 0 saturated carbocycles. The summed E-state index contributed by atoms with van der Waals surface area (Å²) >= 11 is 0. The van der Waals surface area contributed by atoms with E-state index in [9.17, 15) is 4.79 Å². The number of methoxy groups -OCH3 is 2. The van der Waals surface area contributed by atoms with Gasteiger partial charge in [0.25, 0.3) is 5.91 Å². The van der Waals surface area contributed by atoms with Crippen molar-refractivity contribution in [2.75, 3.05) is 26.7 Å². The summed E-state index contributed by atoms with van der Waals surface area (Å²) in [4.78, 5) is 13.1. The fraction of sp³-hybridized carbons (Fsp3) is 0.143. The van der Waals surface area contributed by atoms with Crippen molar-refractivity contribution in [2.45, 2.75) is 0 Å². The Morgan fingerprint density at radius 1 is 1.17 bits per heavy atom. The van der Waals surface area contributed by atoms with Gasteiger partial charge in [0.1, 0.15) is 5.69 Å². The highest BCUT2D eigenvalue weighted by Crippen LogP contribution is 2.37. The van der Waals surface area contributed by atoms with Gasteiger partial charge >= 0.3 is 0 Å². The lowest BCUT2D eigenvalue weighted by Crippen LogP contribution is -2.19. The van der Waals surface area contributed by atoms with Crippen LogP contribution < -0.4 is 30.1 Å². The number of amides is 1. The third-order valence-electron chi connectivity index (χ3n) is 5.03. The molecule has 35 heavy (non-hydrogen) atoms. The number of carbonyl (C=O) groups excluding carboxylic acids is 1. The van der Waals surface area contributed by atoms with Crippen LogP contribution in [0.3, 0.4) is 0 Å². The van der Waals surface area contributed by atoms with E-state index < -0.39 is 5.91 Å². The van der Waals surface area contributed by atoms with Crippen LogP contribution in [0.4, 0.5) is 5.82 Å². The van der Waals surface area contributed by atoms with Crippen LogP contribution in [0.25, 0.3) is 17.1 Å². The number of nitrogens with one attached hydrogen (secondary N) is 1. The van der Waals surface area contributed by atoms with Gasteiger partial charge in [-0.2, -0.15) is 9.78 Å². The van der Waals surface area contributed by atoms with Gasteiger partial charge in [0, 0.05) is 11.1 Å². The molecule has 0 aliphatic carbocycles. The second-order valence-corrected chi connectivity index (χ2v) is 7.02. The first kappa shape index (κ1) is 21.7. The maximum atomic E-state index is 13.1. The number of para-hydroxylation sites is 1. The van der Waals surface area contributed by atoms with E-state index in [0.717, 1.165) is 0 Å². The summed E-state index contributed by atoms with van der Waals surface area (Å²) in [5.74, 6) is 1.44. The molecule has 14 heteroatoms. The van der Waals surface area contributed by atoms with Gasteiger partial charge in [0.05, 0.1) is 20.4 Å². The summed E-state index contributed by atoms with van der Waals surface area (Å²) in [5, 5.41) is 19.4. The lowest BCUT2D eigenvalue weighted by atomic mass is 10.1. The number of hydrazone groups is 1. The highest BCUT2D eigenvalue weighted by molar-refractivity contribution is 5.99. The van der Waals surface area contributed by atoms with Crippen molar-refractivity contribution in [1.82, 2.24) is 30.7 Å². The minimum absolute atomic E-state index is 0.0352. The molecule has 1 amide bonds. The summed E-state index contributed by atoms with van der Waals surface area (Å²) in [6, 6.07) is 10.4. The first-order valence-electron chi connectivity index (χ1n) is 10.1. The van der Waals surface area contributed by atoms with Crippen LogP contribution in [-0.4, -0.2) is 58.4 Å². The highest BCUT2D eigenvalue weighted by Gasteiger charge is 2.26. The van der Waals surface area contributed by atoms with E-state index in [2.05, 4.69) is 35.8 Å². The van der Waals surface area contributed by atoms with Crippen LogP contribution in [0.5, 0.6) is 23.0 Å². The number of hydrogen-bond donors (Lipinski definition) is 2. The number of benzene rings is 2. The molecular formula is C21H18N8O6. The molecule has 0 spiro atoms. The predicted octanol–water partition coefficient (Wildman–Crippen LogP) is 1.41. The van der Waals surface area contributed by atoms with Crippen LogP contribution in [0.15, 0.2) is 46.1 Å². The van der Waals surface area contributed by atoms with E-state index in [1.54, 1.807) is 36.4 Å². The van der Waals surface area contributed by atoms with Gasteiger partial charge in [0.15, 0.2) is 28.7 Å². The van der Waals surface area contributed by atoms with Crippen LogP contribution in [0, 0.1) is 0 Å². The molecule has 178 valence electrons. The van der Waals surface area contributed by atoms with E-state index in [-0.39, 0.29) is 29.8 Å². The second-order valence-electron chi connectivity index (χ2n) is 7.02. The van der Waals surface area contributed by atoms with E-state index >= 15 is 0 Å². The third-order valence-corrected chi connectivity index (χ3v) is 5.03. The molecule has 5 rings (SSSR count). The molecule has 1 aliphatic rings.